The fraction of sp³-hybridized carbons (Fsp3) is 0.733. The smallest absolute Gasteiger partial charge is 0.147 e. The fourth-order valence-corrected chi connectivity index (χ4v) is 5.73. The van der Waals surface area contributed by atoms with Crippen molar-refractivity contribution >= 4 is 32.9 Å². The average Bonchev–Trinajstić information content (AvgIpc) is 2.85. The zero-order valence-corrected chi connectivity index (χ0v) is 15.3. The Morgan fingerprint density at radius 3 is 2.90 bits per heavy atom. The molecule has 0 saturated carbocycles. The zero-order chi connectivity index (χ0) is 15.3. The highest BCUT2D eigenvalue weighted by Crippen LogP contribution is 2.35. The van der Waals surface area contributed by atoms with Crippen LogP contribution in [0.5, 0.6) is 0 Å². The topological polar surface area (TPSA) is 46.2 Å². The van der Waals surface area contributed by atoms with Gasteiger partial charge in [0.1, 0.15) is 9.84 Å². The van der Waals surface area contributed by atoms with E-state index in [0.29, 0.717) is 6.04 Å². The monoisotopic (exact) mass is 347 g/mol. The Balaban J connectivity index is 2.02. The summed E-state index contributed by atoms with van der Waals surface area (Å²) in [5.41, 5.74) is 1.50. The number of hydrogen-bond donors (Lipinski definition) is 1. The quantitative estimate of drug-likeness (QED) is 0.783. The van der Waals surface area contributed by atoms with Crippen LogP contribution in [0.2, 0.25) is 0 Å². The Labute approximate surface area is 136 Å². The highest BCUT2D eigenvalue weighted by molar-refractivity contribution is 7.98. The molecule has 0 spiro atoms. The lowest BCUT2D eigenvalue weighted by Crippen LogP contribution is -2.22. The lowest BCUT2D eigenvalue weighted by Gasteiger charge is -2.16. The highest BCUT2D eigenvalue weighted by Gasteiger charge is 2.19. The number of fused-ring (bicyclic) bond motifs is 1. The van der Waals surface area contributed by atoms with Crippen LogP contribution in [0.4, 0.5) is 0 Å². The summed E-state index contributed by atoms with van der Waals surface area (Å²) in [4.78, 5) is 2.93. The molecule has 1 atom stereocenters. The van der Waals surface area contributed by atoms with Crippen molar-refractivity contribution in [3.63, 3.8) is 0 Å². The van der Waals surface area contributed by atoms with E-state index in [2.05, 4.69) is 18.3 Å². The zero-order valence-electron chi connectivity index (χ0n) is 12.9. The summed E-state index contributed by atoms with van der Waals surface area (Å²) in [6.45, 7) is 3.15. The number of aryl methyl sites for hydroxylation is 1. The predicted octanol–water partition coefficient (Wildman–Crippen LogP) is 3.40. The van der Waals surface area contributed by atoms with Crippen molar-refractivity contribution in [3.05, 3.63) is 21.4 Å². The molecule has 0 saturated heterocycles. The van der Waals surface area contributed by atoms with E-state index in [1.54, 1.807) is 0 Å². The lowest BCUT2D eigenvalue weighted by molar-refractivity contribution is 0.499. The average molecular weight is 348 g/mol. The molecule has 3 nitrogen and oxygen atoms in total. The molecule has 0 bridgehead atoms. The first-order valence-electron chi connectivity index (χ1n) is 7.60. The first-order chi connectivity index (χ1) is 9.99. The molecule has 0 fully saturated rings. The summed E-state index contributed by atoms with van der Waals surface area (Å²) in [5, 5.41) is 3.59. The van der Waals surface area contributed by atoms with Gasteiger partial charge in [0, 0.05) is 33.6 Å². The lowest BCUT2D eigenvalue weighted by atomic mass is 10.1. The van der Waals surface area contributed by atoms with Gasteiger partial charge in [-0.2, -0.15) is 11.8 Å². The second kappa shape index (κ2) is 7.99. The minimum atomic E-state index is -2.85. The van der Waals surface area contributed by atoms with Crippen LogP contribution < -0.4 is 5.32 Å². The van der Waals surface area contributed by atoms with Crippen molar-refractivity contribution in [3.8, 4) is 0 Å². The maximum atomic E-state index is 11.3. The number of thioether (sulfide) groups is 1. The SMILES string of the molecule is CCCNC(CCCS(C)(=O)=O)c1cc2c(s1)CCSC2. The van der Waals surface area contributed by atoms with Gasteiger partial charge in [-0.1, -0.05) is 6.92 Å². The molecule has 1 aliphatic heterocycles. The molecule has 120 valence electrons. The van der Waals surface area contributed by atoms with Gasteiger partial charge in [0.2, 0.25) is 0 Å². The summed E-state index contributed by atoms with van der Waals surface area (Å²) in [6, 6.07) is 2.66. The van der Waals surface area contributed by atoms with E-state index in [1.165, 1.54) is 33.7 Å². The van der Waals surface area contributed by atoms with E-state index in [4.69, 9.17) is 0 Å². The van der Waals surface area contributed by atoms with E-state index >= 15 is 0 Å². The molecule has 0 radical (unpaired) electrons. The molecule has 1 aromatic rings. The van der Waals surface area contributed by atoms with Crippen LogP contribution in [0.3, 0.4) is 0 Å². The van der Waals surface area contributed by atoms with E-state index in [-0.39, 0.29) is 5.75 Å². The third kappa shape index (κ3) is 5.58. The van der Waals surface area contributed by atoms with Crippen LogP contribution in [0.15, 0.2) is 6.07 Å². The van der Waals surface area contributed by atoms with Gasteiger partial charge in [0.05, 0.1) is 0 Å². The van der Waals surface area contributed by atoms with Crippen LogP contribution in [-0.4, -0.2) is 32.7 Å². The first-order valence-corrected chi connectivity index (χ1v) is 11.6. The van der Waals surface area contributed by atoms with E-state index in [1.807, 2.05) is 23.1 Å². The Morgan fingerprint density at radius 1 is 1.43 bits per heavy atom. The summed E-state index contributed by atoms with van der Waals surface area (Å²) in [5.74, 6) is 2.65. The second-order valence-electron chi connectivity index (χ2n) is 5.68. The van der Waals surface area contributed by atoms with Gasteiger partial charge in [-0.15, -0.1) is 11.3 Å². The summed E-state index contributed by atoms with van der Waals surface area (Å²) < 4.78 is 22.6. The molecular formula is C15H25NO2S3. The molecule has 0 aromatic carbocycles. The van der Waals surface area contributed by atoms with Crippen LogP contribution in [0.25, 0.3) is 0 Å². The van der Waals surface area contributed by atoms with Crippen molar-refractivity contribution in [2.45, 2.75) is 44.4 Å². The number of nitrogens with one attached hydrogen (secondary N) is 1. The fourth-order valence-electron chi connectivity index (χ4n) is 2.56. The van der Waals surface area contributed by atoms with E-state index < -0.39 is 9.84 Å². The normalized spacial score (nSPS) is 16.7. The number of sulfone groups is 1. The van der Waals surface area contributed by atoms with Crippen LogP contribution in [0.1, 0.15) is 47.5 Å². The van der Waals surface area contributed by atoms with Gasteiger partial charge < -0.3 is 5.32 Å². The maximum absolute atomic E-state index is 11.3. The number of thiophene rings is 1. The van der Waals surface area contributed by atoms with Crippen LogP contribution >= 0.6 is 23.1 Å². The summed E-state index contributed by atoms with van der Waals surface area (Å²) in [6.07, 6.45) is 5.25. The first kappa shape index (κ1) is 17.3. The molecule has 0 amide bonds. The Morgan fingerprint density at radius 2 is 2.24 bits per heavy atom. The van der Waals surface area contributed by atoms with Gasteiger partial charge in [0.25, 0.3) is 0 Å². The minimum absolute atomic E-state index is 0.290. The van der Waals surface area contributed by atoms with Gasteiger partial charge >= 0.3 is 0 Å². The molecule has 2 rings (SSSR count). The van der Waals surface area contributed by atoms with Crippen LogP contribution in [0, 0.1) is 0 Å². The molecule has 1 unspecified atom stereocenters. The third-order valence-corrected chi connectivity index (χ3v) is 7.03. The largest absolute Gasteiger partial charge is 0.309 e. The van der Waals surface area contributed by atoms with Crippen molar-refractivity contribution in [1.82, 2.24) is 5.32 Å². The van der Waals surface area contributed by atoms with Crippen LogP contribution in [-0.2, 0) is 22.0 Å². The van der Waals surface area contributed by atoms with Crippen molar-refractivity contribution in [2.24, 2.45) is 0 Å². The van der Waals surface area contributed by atoms with Gasteiger partial charge in [0.15, 0.2) is 0 Å². The summed E-state index contributed by atoms with van der Waals surface area (Å²) >= 11 is 3.94. The number of rotatable bonds is 8. The molecule has 21 heavy (non-hydrogen) atoms. The molecule has 6 heteroatoms. The van der Waals surface area contributed by atoms with E-state index in [0.717, 1.165) is 31.6 Å². The van der Waals surface area contributed by atoms with Gasteiger partial charge in [-0.3, -0.25) is 0 Å². The van der Waals surface area contributed by atoms with Gasteiger partial charge in [-0.25, -0.2) is 8.42 Å². The van der Waals surface area contributed by atoms with Crippen molar-refractivity contribution in [2.75, 3.05) is 24.3 Å². The molecular weight excluding hydrogens is 322 g/mol. The Hall–Kier alpha value is -0.0400. The number of hydrogen-bond acceptors (Lipinski definition) is 5. The van der Waals surface area contributed by atoms with Crippen molar-refractivity contribution in [1.29, 1.82) is 0 Å². The minimum Gasteiger partial charge on any atom is -0.309 e. The predicted molar refractivity (Wildman–Crippen MR) is 94.2 cm³/mol. The molecule has 1 aliphatic rings. The maximum Gasteiger partial charge on any atom is 0.147 e. The third-order valence-electron chi connectivity index (χ3n) is 3.64. The molecule has 0 aliphatic carbocycles. The second-order valence-corrected chi connectivity index (χ2v) is 10.2. The Kier molecular flexibility index (Phi) is 6.59. The van der Waals surface area contributed by atoms with Gasteiger partial charge in [-0.05, 0) is 49.6 Å². The van der Waals surface area contributed by atoms with Crippen molar-refractivity contribution < 1.29 is 8.42 Å². The summed E-state index contributed by atoms with van der Waals surface area (Å²) in [7, 11) is -2.85. The molecule has 1 aromatic heterocycles. The standard InChI is InChI=1S/C15H25NO2S3/c1-3-7-16-13(5-4-9-21(2,17)18)15-10-12-11-19-8-6-14(12)20-15/h10,13,16H,3-9,11H2,1-2H3. The molecule has 2 heterocycles. The highest BCUT2D eigenvalue weighted by atomic mass is 32.2. The molecule has 1 N–H and O–H groups in total. The Bertz CT molecular complexity index is 528. The van der Waals surface area contributed by atoms with E-state index in [9.17, 15) is 8.42 Å².